The number of fused-ring (bicyclic) bond motifs is 1. The normalized spacial score (nSPS) is 28.9. The standard InChI is InChI=1S/C17H28N2O5/c1-7-22-15(20)10-8-11(18-16(21)23-17(4,5)6)12-13(9(2)3)19-24-14(10)12/h9-12,14H,7-8H2,1-6H3,(H,18,21). The largest absolute Gasteiger partial charge is 0.466 e. The van der Waals surface area contributed by atoms with Crippen molar-refractivity contribution >= 4 is 17.8 Å². The molecule has 2 rings (SSSR count). The smallest absolute Gasteiger partial charge is 0.407 e. The summed E-state index contributed by atoms with van der Waals surface area (Å²) in [6.07, 6.45) is -0.425. The Kier molecular flexibility index (Phi) is 5.40. The number of hydrogen-bond acceptors (Lipinski definition) is 6. The maximum Gasteiger partial charge on any atom is 0.407 e. The van der Waals surface area contributed by atoms with Crippen LogP contribution in [0.15, 0.2) is 5.16 Å². The third kappa shape index (κ3) is 3.99. The summed E-state index contributed by atoms with van der Waals surface area (Å²) in [5.74, 6) is -0.702. The summed E-state index contributed by atoms with van der Waals surface area (Å²) in [5.41, 5.74) is 0.289. The second kappa shape index (κ2) is 6.99. The molecule has 1 saturated carbocycles. The van der Waals surface area contributed by atoms with Gasteiger partial charge < -0.3 is 19.6 Å². The van der Waals surface area contributed by atoms with Crippen molar-refractivity contribution in [2.75, 3.05) is 6.61 Å². The molecule has 0 saturated heterocycles. The van der Waals surface area contributed by atoms with Gasteiger partial charge in [0.15, 0.2) is 6.10 Å². The molecule has 1 fully saturated rings. The van der Waals surface area contributed by atoms with E-state index in [1.54, 1.807) is 6.92 Å². The fourth-order valence-electron chi connectivity index (χ4n) is 3.31. The van der Waals surface area contributed by atoms with Crippen LogP contribution in [0.4, 0.5) is 4.79 Å². The molecule has 0 aromatic carbocycles. The molecule has 1 aliphatic heterocycles. The Hall–Kier alpha value is -1.79. The highest BCUT2D eigenvalue weighted by Crippen LogP contribution is 2.41. The molecule has 7 heteroatoms. The maximum absolute atomic E-state index is 12.2. The van der Waals surface area contributed by atoms with Crippen LogP contribution in [0.5, 0.6) is 0 Å². The van der Waals surface area contributed by atoms with E-state index in [-0.39, 0.29) is 30.0 Å². The van der Waals surface area contributed by atoms with E-state index in [0.717, 1.165) is 5.71 Å². The van der Waals surface area contributed by atoms with Crippen LogP contribution in [-0.4, -0.2) is 42.1 Å². The van der Waals surface area contributed by atoms with Crippen LogP contribution in [0.1, 0.15) is 48.0 Å². The summed E-state index contributed by atoms with van der Waals surface area (Å²) in [6, 6.07) is -0.261. The van der Waals surface area contributed by atoms with Gasteiger partial charge in [0, 0.05) is 6.04 Å². The van der Waals surface area contributed by atoms with Crippen LogP contribution >= 0.6 is 0 Å². The van der Waals surface area contributed by atoms with Crippen molar-refractivity contribution in [2.24, 2.45) is 22.9 Å². The summed E-state index contributed by atoms with van der Waals surface area (Å²) < 4.78 is 10.5. The Balaban J connectivity index is 2.15. The summed E-state index contributed by atoms with van der Waals surface area (Å²) in [4.78, 5) is 29.9. The molecule has 24 heavy (non-hydrogen) atoms. The highest BCUT2D eigenvalue weighted by molar-refractivity contribution is 5.92. The van der Waals surface area contributed by atoms with Crippen LogP contribution in [-0.2, 0) is 19.1 Å². The topological polar surface area (TPSA) is 86.2 Å². The number of ether oxygens (including phenoxy) is 2. The first-order valence-corrected chi connectivity index (χ1v) is 8.53. The first-order valence-electron chi connectivity index (χ1n) is 8.53. The van der Waals surface area contributed by atoms with Gasteiger partial charge in [0.25, 0.3) is 0 Å². The fourth-order valence-corrected chi connectivity index (χ4v) is 3.31. The van der Waals surface area contributed by atoms with Crippen LogP contribution in [0, 0.1) is 17.8 Å². The van der Waals surface area contributed by atoms with E-state index in [4.69, 9.17) is 14.3 Å². The summed E-state index contributed by atoms with van der Waals surface area (Å²) in [7, 11) is 0. The third-order valence-corrected chi connectivity index (χ3v) is 4.20. The zero-order valence-electron chi connectivity index (χ0n) is 15.3. The Morgan fingerprint density at radius 2 is 2.04 bits per heavy atom. The minimum atomic E-state index is -0.580. The monoisotopic (exact) mass is 340 g/mol. The highest BCUT2D eigenvalue weighted by Gasteiger charge is 2.55. The lowest BCUT2D eigenvalue weighted by Crippen LogP contribution is -2.44. The molecule has 136 valence electrons. The van der Waals surface area contributed by atoms with Gasteiger partial charge in [0.1, 0.15) is 5.60 Å². The number of nitrogens with one attached hydrogen (secondary N) is 1. The van der Waals surface area contributed by atoms with Gasteiger partial charge in [-0.05, 0) is 40.0 Å². The number of carbonyl (C=O) groups is 2. The quantitative estimate of drug-likeness (QED) is 0.795. The Labute approximate surface area is 143 Å². The molecule has 1 heterocycles. The lowest BCUT2D eigenvalue weighted by atomic mass is 9.88. The molecule has 0 aromatic heterocycles. The number of amides is 1. The number of nitrogens with zero attached hydrogens (tertiary/aromatic N) is 1. The van der Waals surface area contributed by atoms with Crippen LogP contribution in [0.2, 0.25) is 0 Å². The van der Waals surface area contributed by atoms with Crippen LogP contribution in [0.3, 0.4) is 0 Å². The van der Waals surface area contributed by atoms with E-state index in [9.17, 15) is 9.59 Å². The van der Waals surface area contributed by atoms with E-state index in [2.05, 4.69) is 10.5 Å². The second-order valence-corrected chi connectivity index (χ2v) is 7.61. The summed E-state index contributed by atoms with van der Waals surface area (Å²) in [6.45, 7) is 11.6. The molecule has 7 nitrogen and oxygen atoms in total. The lowest BCUT2D eigenvalue weighted by molar-refractivity contribution is -0.152. The second-order valence-electron chi connectivity index (χ2n) is 7.61. The van der Waals surface area contributed by atoms with E-state index in [1.165, 1.54) is 0 Å². The minimum absolute atomic E-state index is 0.132. The Morgan fingerprint density at radius 3 is 2.58 bits per heavy atom. The first kappa shape index (κ1) is 18.5. The third-order valence-electron chi connectivity index (χ3n) is 4.20. The number of carbonyl (C=O) groups excluding carboxylic acids is 2. The van der Waals surface area contributed by atoms with Gasteiger partial charge in [0.05, 0.1) is 24.2 Å². The van der Waals surface area contributed by atoms with Gasteiger partial charge in [-0.3, -0.25) is 4.79 Å². The molecule has 0 bridgehead atoms. The zero-order chi connectivity index (χ0) is 18.1. The van der Waals surface area contributed by atoms with Crippen molar-refractivity contribution in [1.82, 2.24) is 5.32 Å². The maximum atomic E-state index is 12.2. The molecule has 1 amide bonds. The Bertz CT molecular complexity index is 524. The first-order chi connectivity index (χ1) is 11.1. The Morgan fingerprint density at radius 1 is 1.38 bits per heavy atom. The van der Waals surface area contributed by atoms with Gasteiger partial charge in [-0.15, -0.1) is 0 Å². The van der Waals surface area contributed by atoms with Crippen molar-refractivity contribution in [3.63, 3.8) is 0 Å². The molecule has 4 atom stereocenters. The fraction of sp³-hybridized carbons (Fsp3) is 0.824. The number of alkyl carbamates (subject to hydrolysis) is 1. The average Bonchev–Trinajstić information content (AvgIpc) is 2.98. The molecular weight excluding hydrogens is 312 g/mol. The molecule has 1 N–H and O–H groups in total. The molecule has 0 aromatic rings. The molecule has 0 radical (unpaired) electrons. The molecule has 2 aliphatic rings. The van der Waals surface area contributed by atoms with Crippen LogP contribution in [0.25, 0.3) is 0 Å². The van der Waals surface area contributed by atoms with Gasteiger partial charge in [0.2, 0.25) is 0 Å². The van der Waals surface area contributed by atoms with Gasteiger partial charge in [-0.1, -0.05) is 19.0 Å². The zero-order valence-corrected chi connectivity index (χ0v) is 15.3. The van der Waals surface area contributed by atoms with Crippen molar-refractivity contribution < 1.29 is 23.9 Å². The van der Waals surface area contributed by atoms with Gasteiger partial charge in [-0.2, -0.15) is 0 Å². The highest BCUT2D eigenvalue weighted by atomic mass is 16.6. The van der Waals surface area contributed by atoms with E-state index >= 15 is 0 Å². The molecule has 0 spiro atoms. The lowest BCUT2D eigenvalue weighted by Gasteiger charge is -2.24. The summed E-state index contributed by atoms with van der Waals surface area (Å²) in [5, 5.41) is 7.05. The predicted molar refractivity (Wildman–Crippen MR) is 88.5 cm³/mol. The van der Waals surface area contributed by atoms with Crippen molar-refractivity contribution in [3.05, 3.63) is 0 Å². The van der Waals surface area contributed by atoms with Gasteiger partial charge >= 0.3 is 12.1 Å². The van der Waals surface area contributed by atoms with E-state index in [0.29, 0.717) is 13.0 Å². The van der Waals surface area contributed by atoms with Gasteiger partial charge in [-0.25, -0.2) is 4.79 Å². The number of rotatable bonds is 4. The van der Waals surface area contributed by atoms with Crippen molar-refractivity contribution in [3.8, 4) is 0 Å². The molecule has 4 unspecified atom stereocenters. The average molecular weight is 340 g/mol. The van der Waals surface area contributed by atoms with E-state index < -0.39 is 17.6 Å². The molecule has 1 aliphatic carbocycles. The summed E-state index contributed by atoms with van der Waals surface area (Å²) >= 11 is 0. The number of hydrogen-bond donors (Lipinski definition) is 1. The van der Waals surface area contributed by atoms with Crippen molar-refractivity contribution in [1.29, 1.82) is 0 Å². The minimum Gasteiger partial charge on any atom is -0.466 e. The number of esters is 1. The number of oxime groups is 1. The SMILES string of the molecule is CCOC(=O)C1CC(NC(=O)OC(C)(C)C)C2C(C(C)C)=NOC12. The van der Waals surface area contributed by atoms with E-state index in [1.807, 2.05) is 34.6 Å². The predicted octanol–water partition coefficient (Wildman–Crippen LogP) is 2.49. The van der Waals surface area contributed by atoms with Crippen molar-refractivity contribution in [2.45, 2.75) is 65.7 Å². The molecular formula is C17H28N2O5. The van der Waals surface area contributed by atoms with Crippen LogP contribution < -0.4 is 5.32 Å².